The van der Waals surface area contributed by atoms with Crippen molar-refractivity contribution in [3.8, 4) is 0 Å². The van der Waals surface area contributed by atoms with Crippen LogP contribution in [0.1, 0.15) is 369 Å². The van der Waals surface area contributed by atoms with Crippen LogP contribution in [-0.2, 0) is 65.4 Å². The van der Waals surface area contributed by atoms with Crippen LogP contribution in [0.5, 0.6) is 0 Å². The lowest BCUT2D eigenvalue weighted by Crippen LogP contribution is -2.30. The molecule has 0 spiro atoms. The first-order chi connectivity index (χ1) is 43.5. The fourth-order valence-corrected chi connectivity index (χ4v) is 12.4. The summed E-state index contributed by atoms with van der Waals surface area (Å²) in [6.07, 6.45) is 51.4. The maximum Gasteiger partial charge on any atom is 0.472 e. The van der Waals surface area contributed by atoms with Crippen molar-refractivity contribution in [2.75, 3.05) is 39.6 Å². The first-order valence-corrected chi connectivity index (χ1v) is 40.1. The van der Waals surface area contributed by atoms with Gasteiger partial charge in [-0.3, -0.25) is 37.3 Å². The fourth-order valence-electron chi connectivity index (χ4n) is 10.8. The topological polar surface area (TPSA) is 237 Å². The molecule has 90 heavy (non-hydrogen) atoms. The van der Waals surface area contributed by atoms with E-state index in [1.54, 1.807) is 0 Å². The number of rotatable bonds is 71. The maximum atomic E-state index is 13.0. The molecule has 0 radical (unpaired) electrons. The smallest absolute Gasteiger partial charge is 0.462 e. The molecule has 0 aliphatic carbocycles. The van der Waals surface area contributed by atoms with Gasteiger partial charge in [0.15, 0.2) is 12.2 Å². The molecule has 5 atom stereocenters. The van der Waals surface area contributed by atoms with E-state index < -0.39 is 97.5 Å². The summed E-state index contributed by atoms with van der Waals surface area (Å²) in [4.78, 5) is 72.5. The molecule has 0 aliphatic rings. The van der Waals surface area contributed by atoms with Gasteiger partial charge in [0.05, 0.1) is 26.4 Å². The van der Waals surface area contributed by atoms with Gasteiger partial charge in [-0.05, 0) is 31.6 Å². The standard InChI is InChI=1S/C71H138O17P2/c1-6-9-12-15-18-21-24-25-26-27-28-29-30-31-33-36-41-46-51-56-70(75)87-66(60-82-69(74)55-50-45-40-35-32-22-19-16-13-10-7-2)62-85-89(77,78)83-58-65(72)59-84-90(79,80)86-63-67(88-71(76)57-52-47-42-37-38-43-48-53-64(4)5)61-81-68(73)54-49-44-39-34-23-20-17-14-11-8-3/h64-67,72H,6-63H2,1-5H3,(H,77,78)(H,79,80)/t65-,66-,67-/m1/s1. The van der Waals surface area contributed by atoms with Crippen LogP contribution >= 0.6 is 15.6 Å². The number of aliphatic hydroxyl groups is 1. The van der Waals surface area contributed by atoms with Crippen molar-refractivity contribution in [1.29, 1.82) is 0 Å². The van der Waals surface area contributed by atoms with Gasteiger partial charge in [-0.1, -0.05) is 317 Å². The first-order valence-electron chi connectivity index (χ1n) is 37.1. The summed E-state index contributed by atoms with van der Waals surface area (Å²) >= 11 is 0. The lowest BCUT2D eigenvalue weighted by Gasteiger charge is -2.21. The Labute approximate surface area is 549 Å². The second-order valence-electron chi connectivity index (χ2n) is 26.1. The summed E-state index contributed by atoms with van der Waals surface area (Å²) in [5, 5.41) is 10.6. The lowest BCUT2D eigenvalue weighted by molar-refractivity contribution is -0.161. The Bertz CT molecular complexity index is 1740. The minimum absolute atomic E-state index is 0.104. The second kappa shape index (κ2) is 64.4. The number of hydrogen-bond donors (Lipinski definition) is 3. The van der Waals surface area contributed by atoms with E-state index in [0.717, 1.165) is 89.9 Å². The zero-order valence-electron chi connectivity index (χ0n) is 58.3. The molecule has 0 amide bonds. The van der Waals surface area contributed by atoms with Gasteiger partial charge < -0.3 is 33.8 Å². The third kappa shape index (κ3) is 64.8. The lowest BCUT2D eigenvalue weighted by atomic mass is 10.0. The molecule has 17 nitrogen and oxygen atoms in total. The van der Waals surface area contributed by atoms with Crippen LogP contribution < -0.4 is 0 Å². The number of unbranched alkanes of at least 4 members (excludes halogenated alkanes) is 43. The Balaban J connectivity index is 5.19. The molecule has 2 unspecified atom stereocenters. The van der Waals surface area contributed by atoms with Gasteiger partial charge >= 0.3 is 39.5 Å². The molecule has 0 aromatic heterocycles. The van der Waals surface area contributed by atoms with Crippen molar-refractivity contribution in [1.82, 2.24) is 0 Å². The Morgan fingerprint density at radius 3 is 0.756 bits per heavy atom. The molecule has 0 heterocycles. The van der Waals surface area contributed by atoms with Crippen LogP contribution in [0.4, 0.5) is 0 Å². The van der Waals surface area contributed by atoms with Crippen molar-refractivity contribution in [3.05, 3.63) is 0 Å². The van der Waals surface area contributed by atoms with Gasteiger partial charge in [0.25, 0.3) is 0 Å². The van der Waals surface area contributed by atoms with E-state index in [9.17, 15) is 43.2 Å². The van der Waals surface area contributed by atoms with Crippen LogP contribution in [0.25, 0.3) is 0 Å². The van der Waals surface area contributed by atoms with Crippen LogP contribution in [-0.4, -0.2) is 96.7 Å². The summed E-state index contributed by atoms with van der Waals surface area (Å²) in [6.45, 7) is 7.18. The fraction of sp³-hybridized carbons (Fsp3) is 0.944. The van der Waals surface area contributed by atoms with Crippen LogP contribution in [0.15, 0.2) is 0 Å². The number of carbonyl (C=O) groups is 4. The minimum Gasteiger partial charge on any atom is -0.462 e. The monoisotopic (exact) mass is 1320 g/mol. The van der Waals surface area contributed by atoms with Gasteiger partial charge in [0.2, 0.25) is 0 Å². The molecule has 3 N–H and O–H groups in total. The molecule has 0 aliphatic heterocycles. The number of phosphoric acid groups is 2. The third-order valence-corrected chi connectivity index (χ3v) is 18.4. The average molecular weight is 1330 g/mol. The Hall–Kier alpha value is -1.94. The molecular formula is C71H138O17P2. The van der Waals surface area contributed by atoms with Gasteiger partial charge in [-0.2, -0.15) is 0 Å². The molecule has 0 aromatic carbocycles. The quantitative estimate of drug-likeness (QED) is 0.0222. The normalized spacial score (nSPS) is 14.1. The predicted molar refractivity (Wildman–Crippen MR) is 363 cm³/mol. The second-order valence-corrected chi connectivity index (χ2v) is 29.0. The zero-order valence-corrected chi connectivity index (χ0v) is 60.1. The molecule has 534 valence electrons. The van der Waals surface area contributed by atoms with Gasteiger partial charge in [0.1, 0.15) is 19.3 Å². The highest BCUT2D eigenvalue weighted by Crippen LogP contribution is 2.45. The highest BCUT2D eigenvalue weighted by Gasteiger charge is 2.30. The summed E-state index contributed by atoms with van der Waals surface area (Å²) in [5.41, 5.74) is 0. The SMILES string of the molecule is CCCCCCCCCCCCCCCCCCCCCC(=O)O[C@H](COC(=O)CCCCCCCCCCCCC)COP(=O)(O)OC[C@@H](O)COP(=O)(O)OC[C@@H](COC(=O)CCCCCCCCCCCC)OC(=O)CCCCCCCCCC(C)C. The summed E-state index contributed by atoms with van der Waals surface area (Å²) in [6, 6.07) is 0. The molecule has 0 saturated heterocycles. The van der Waals surface area contributed by atoms with Crippen molar-refractivity contribution < 1.29 is 80.2 Å². The van der Waals surface area contributed by atoms with E-state index in [1.165, 1.54) is 193 Å². The van der Waals surface area contributed by atoms with Crippen molar-refractivity contribution >= 4 is 39.5 Å². The van der Waals surface area contributed by atoms with E-state index in [0.29, 0.717) is 31.6 Å². The van der Waals surface area contributed by atoms with Crippen molar-refractivity contribution in [3.63, 3.8) is 0 Å². The van der Waals surface area contributed by atoms with E-state index >= 15 is 0 Å². The summed E-state index contributed by atoms with van der Waals surface area (Å²) in [7, 11) is -9.90. The van der Waals surface area contributed by atoms with Crippen LogP contribution in [0, 0.1) is 5.92 Å². The van der Waals surface area contributed by atoms with Gasteiger partial charge in [-0.15, -0.1) is 0 Å². The molecule has 0 rings (SSSR count). The van der Waals surface area contributed by atoms with Crippen LogP contribution in [0.2, 0.25) is 0 Å². The average Bonchev–Trinajstić information content (AvgIpc) is 3.72. The number of esters is 4. The van der Waals surface area contributed by atoms with E-state index in [-0.39, 0.29) is 25.7 Å². The molecule has 19 heteroatoms. The van der Waals surface area contributed by atoms with E-state index in [4.69, 9.17) is 37.0 Å². The predicted octanol–water partition coefficient (Wildman–Crippen LogP) is 20.5. The molecule has 0 saturated carbocycles. The summed E-state index contributed by atoms with van der Waals surface area (Å²) in [5.74, 6) is -1.43. The molecular weight excluding hydrogens is 1190 g/mol. The number of carbonyl (C=O) groups excluding carboxylic acids is 4. The molecule has 0 aromatic rings. The third-order valence-electron chi connectivity index (χ3n) is 16.5. The highest BCUT2D eigenvalue weighted by atomic mass is 31.2. The van der Waals surface area contributed by atoms with Gasteiger partial charge in [-0.25, -0.2) is 9.13 Å². The summed E-state index contributed by atoms with van der Waals surface area (Å²) < 4.78 is 68.3. The first kappa shape index (κ1) is 88.1. The zero-order chi connectivity index (χ0) is 66.3. The minimum atomic E-state index is -4.95. The molecule has 0 fully saturated rings. The Morgan fingerprint density at radius 1 is 0.300 bits per heavy atom. The highest BCUT2D eigenvalue weighted by molar-refractivity contribution is 7.47. The van der Waals surface area contributed by atoms with Crippen LogP contribution in [0.3, 0.4) is 0 Å². The Morgan fingerprint density at radius 2 is 0.511 bits per heavy atom. The van der Waals surface area contributed by atoms with E-state index in [1.807, 2.05) is 0 Å². The number of aliphatic hydroxyl groups excluding tert-OH is 1. The number of phosphoric ester groups is 2. The van der Waals surface area contributed by atoms with Crippen molar-refractivity contribution in [2.24, 2.45) is 5.92 Å². The van der Waals surface area contributed by atoms with E-state index in [2.05, 4.69) is 34.6 Å². The maximum absolute atomic E-state index is 13.0. The number of hydrogen-bond acceptors (Lipinski definition) is 15. The van der Waals surface area contributed by atoms with Crippen molar-refractivity contribution in [2.45, 2.75) is 387 Å². The Kier molecular flexibility index (Phi) is 63.0. The molecule has 0 bridgehead atoms. The number of ether oxygens (including phenoxy) is 4. The van der Waals surface area contributed by atoms with Gasteiger partial charge in [0, 0.05) is 25.7 Å². The largest absolute Gasteiger partial charge is 0.472 e.